The molecule has 6 nitrogen and oxygen atoms in total. The van der Waals surface area contributed by atoms with Crippen LogP contribution >= 0.6 is 11.6 Å². The highest BCUT2D eigenvalue weighted by Crippen LogP contribution is 2.24. The van der Waals surface area contributed by atoms with E-state index in [-0.39, 0.29) is 5.92 Å². The van der Waals surface area contributed by atoms with Crippen LogP contribution in [0.1, 0.15) is 24.1 Å². The largest absolute Gasteiger partial charge is 0.423 e. The average molecular weight is 349 g/mol. The lowest BCUT2D eigenvalue weighted by Crippen LogP contribution is -2.46. The Morgan fingerprint density at radius 2 is 1.88 bits per heavy atom. The van der Waals surface area contributed by atoms with Gasteiger partial charge in [0.25, 0.3) is 0 Å². The molecule has 0 radical (unpaired) electrons. The van der Waals surface area contributed by atoms with E-state index in [2.05, 4.69) is 32.1 Å². The van der Waals surface area contributed by atoms with Gasteiger partial charge >= 0.3 is 0 Å². The molecule has 0 spiro atoms. The zero-order valence-electron chi connectivity index (χ0n) is 13.5. The minimum atomic E-state index is 0.271. The molecule has 3 heterocycles. The van der Waals surface area contributed by atoms with E-state index >= 15 is 0 Å². The summed E-state index contributed by atoms with van der Waals surface area (Å²) in [7, 11) is 0. The summed E-state index contributed by atoms with van der Waals surface area (Å²) in [5.41, 5.74) is 1.22. The lowest BCUT2D eigenvalue weighted by molar-refractivity contribution is 0.189. The minimum absolute atomic E-state index is 0.271. The predicted octanol–water partition coefficient (Wildman–Crippen LogP) is 2.55. The maximum atomic E-state index is 5.96. The number of nitrogens with zero attached hydrogens (tertiary/aromatic N) is 4. The molecular weight excluding hydrogens is 328 g/mol. The highest BCUT2D eigenvalue weighted by molar-refractivity contribution is 6.30. The van der Waals surface area contributed by atoms with Crippen molar-refractivity contribution in [3.63, 3.8) is 0 Å². The fourth-order valence-corrected chi connectivity index (χ4v) is 3.36. The van der Waals surface area contributed by atoms with E-state index in [0.29, 0.717) is 12.5 Å². The summed E-state index contributed by atoms with van der Waals surface area (Å²) in [6, 6.07) is 8.03. The first kappa shape index (κ1) is 15.9. The van der Waals surface area contributed by atoms with Crippen LogP contribution in [0.2, 0.25) is 5.02 Å². The number of hydrogen-bond acceptors (Lipinski definition) is 6. The van der Waals surface area contributed by atoms with Gasteiger partial charge in [0.2, 0.25) is 11.8 Å². The van der Waals surface area contributed by atoms with Crippen LogP contribution in [0.3, 0.4) is 0 Å². The van der Waals surface area contributed by atoms with Gasteiger partial charge in [-0.1, -0.05) is 11.6 Å². The van der Waals surface area contributed by atoms with E-state index in [0.717, 1.165) is 56.7 Å². The number of benzene rings is 1. The van der Waals surface area contributed by atoms with E-state index in [1.54, 1.807) is 0 Å². The first-order chi connectivity index (χ1) is 11.8. The van der Waals surface area contributed by atoms with Gasteiger partial charge in [-0.3, -0.25) is 4.90 Å². The van der Waals surface area contributed by atoms with E-state index < -0.39 is 0 Å². The lowest BCUT2D eigenvalue weighted by atomic mass is 10.1. The van der Waals surface area contributed by atoms with Crippen LogP contribution < -0.4 is 4.90 Å². The van der Waals surface area contributed by atoms with Gasteiger partial charge in [0, 0.05) is 43.5 Å². The summed E-state index contributed by atoms with van der Waals surface area (Å²) in [6.07, 6.45) is 0.974. The number of aromatic nitrogens is 2. The van der Waals surface area contributed by atoms with Gasteiger partial charge in [-0.05, 0) is 30.7 Å². The van der Waals surface area contributed by atoms with Gasteiger partial charge in [0.1, 0.15) is 0 Å². The molecule has 1 aromatic heterocycles. The molecule has 0 N–H and O–H groups in total. The van der Waals surface area contributed by atoms with Crippen molar-refractivity contribution in [3.05, 3.63) is 41.1 Å². The van der Waals surface area contributed by atoms with E-state index in [1.807, 2.05) is 12.1 Å². The second-order valence-corrected chi connectivity index (χ2v) is 6.77. The summed E-state index contributed by atoms with van der Waals surface area (Å²) < 4.78 is 11.2. The third-order valence-corrected chi connectivity index (χ3v) is 4.94. The first-order valence-corrected chi connectivity index (χ1v) is 8.78. The summed E-state index contributed by atoms with van der Waals surface area (Å²) in [5, 5.41) is 9.16. The smallest absolute Gasteiger partial charge is 0.230 e. The van der Waals surface area contributed by atoms with Crippen molar-refractivity contribution >= 4 is 17.3 Å². The molecule has 0 aliphatic carbocycles. The number of halogens is 1. The Kier molecular flexibility index (Phi) is 4.69. The molecule has 24 heavy (non-hydrogen) atoms. The molecule has 2 saturated heterocycles. The molecule has 1 aromatic carbocycles. The Balaban J connectivity index is 1.30. The molecule has 2 aliphatic rings. The average Bonchev–Trinajstić information content (AvgIpc) is 3.28. The van der Waals surface area contributed by atoms with Crippen molar-refractivity contribution in [2.45, 2.75) is 18.9 Å². The van der Waals surface area contributed by atoms with Crippen LogP contribution in [0.15, 0.2) is 28.7 Å². The van der Waals surface area contributed by atoms with Gasteiger partial charge < -0.3 is 14.1 Å². The van der Waals surface area contributed by atoms with E-state index in [4.69, 9.17) is 20.8 Å². The van der Waals surface area contributed by atoms with Gasteiger partial charge in [0.05, 0.1) is 19.1 Å². The Labute approximate surface area is 146 Å². The molecule has 2 aromatic rings. The Morgan fingerprint density at radius 1 is 1.08 bits per heavy atom. The van der Waals surface area contributed by atoms with Crippen molar-refractivity contribution < 1.29 is 9.15 Å². The van der Waals surface area contributed by atoms with Crippen LogP contribution in [-0.4, -0.2) is 54.5 Å². The molecule has 4 rings (SSSR count). The van der Waals surface area contributed by atoms with Gasteiger partial charge in [-0.2, -0.15) is 0 Å². The summed E-state index contributed by atoms with van der Waals surface area (Å²) in [5.74, 6) is 1.70. The maximum Gasteiger partial charge on any atom is 0.230 e. The fourth-order valence-electron chi connectivity index (χ4n) is 3.23. The molecule has 0 saturated carbocycles. The van der Waals surface area contributed by atoms with Crippen LogP contribution in [0.25, 0.3) is 0 Å². The third kappa shape index (κ3) is 3.55. The molecule has 0 amide bonds. The summed E-state index contributed by atoms with van der Waals surface area (Å²) in [4.78, 5) is 4.73. The standard InChI is InChI=1S/C17H21ClN4O2/c18-14-1-3-15(4-2-14)22-8-6-21(7-9-22)11-16-19-20-17(24-16)13-5-10-23-12-13/h1-4,13H,5-12H2. The van der Waals surface area contributed by atoms with E-state index in [9.17, 15) is 0 Å². The number of rotatable bonds is 4. The molecule has 1 unspecified atom stereocenters. The molecule has 1 atom stereocenters. The number of piperazine rings is 1. The SMILES string of the molecule is Clc1ccc(N2CCN(Cc3nnc(C4CCOC4)o3)CC2)cc1. The molecule has 2 fully saturated rings. The molecular formula is C17H21ClN4O2. The van der Waals surface area contributed by atoms with Gasteiger partial charge in [0.15, 0.2) is 0 Å². The summed E-state index contributed by atoms with van der Waals surface area (Å²) in [6.45, 7) is 6.13. The van der Waals surface area contributed by atoms with Crippen LogP contribution in [0.5, 0.6) is 0 Å². The Morgan fingerprint density at radius 3 is 2.58 bits per heavy atom. The minimum Gasteiger partial charge on any atom is -0.423 e. The molecule has 0 bridgehead atoms. The van der Waals surface area contributed by atoms with Crippen molar-refractivity contribution in [1.82, 2.24) is 15.1 Å². The molecule has 7 heteroatoms. The number of anilines is 1. The van der Waals surface area contributed by atoms with Crippen molar-refractivity contribution in [2.75, 3.05) is 44.3 Å². The monoisotopic (exact) mass is 348 g/mol. The van der Waals surface area contributed by atoms with Crippen LogP contribution in [-0.2, 0) is 11.3 Å². The maximum absolute atomic E-state index is 5.96. The molecule has 128 valence electrons. The topological polar surface area (TPSA) is 54.6 Å². The van der Waals surface area contributed by atoms with E-state index in [1.165, 1.54) is 5.69 Å². The molecule has 2 aliphatic heterocycles. The zero-order valence-corrected chi connectivity index (χ0v) is 14.3. The summed E-state index contributed by atoms with van der Waals surface area (Å²) >= 11 is 5.96. The Hall–Kier alpha value is -1.63. The normalized spacial score (nSPS) is 22.2. The third-order valence-electron chi connectivity index (χ3n) is 4.68. The Bertz CT molecular complexity index is 661. The first-order valence-electron chi connectivity index (χ1n) is 8.41. The number of hydrogen-bond donors (Lipinski definition) is 0. The predicted molar refractivity (Wildman–Crippen MR) is 91.4 cm³/mol. The van der Waals surface area contributed by atoms with Crippen molar-refractivity contribution in [2.24, 2.45) is 0 Å². The fraction of sp³-hybridized carbons (Fsp3) is 0.529. The lowest BCUT2D eigenvalue weighted by Gasteiger charge is -2.35. The number of ether oxygens (including phenoxy) is 1. The van der Waals surface area contributed by atoms with Crippen molar-refractivity contribution in [3.8, 4) is 0 Å². The second kappa shape index (κ2) is 7.09. The zero-order chi connectivity index (χ0) is 16.4. The van der Waals surface area contributed by atoms with Gasteiger partial charge in [-0.15, -0.1) is 10.2 Å². The quantitative estimate of drug-likeness (QED) is 0.846. The van der Waals surface area contributed by atoms with Gasteiger partial charge in [-0.25, -0.2) is 0 Å². The highest BCUT2D eigenvalue weighted by atomic mass is 35.5. The second-order valence-electron chi connectivity index (χ2n) is 6.33. The van der Waals surface area contributed by atoms with Crippen LogP contribution in [0, 0.1) is 0 Å². The van der Waals surface area contributed by atoms with Crippen LogP contribution in [0.4, 0.5) is 5.69 Å². The van der Waals surface area contributed by atoms with Crippen molar-refractivity contribution in [1.29, 1.82) is 0 Å². The highest BCUT2D eigenvalue weighted by Gasteiger charge is 2.25.